The molecule has 1 heterocycles. The highest BCUT2D eigenvalue weighted by Crippen LogP contribution is 2.46. The van der Waals surface area contributed by atoms with Crippen LogP contribution in [0.2, 0.25) is 5.02 Å². The fraction of sp³-hybridized carbons (Fsp3) is 0.214. The van der Waals surface area contributed by atoms with Gasteiger partial charge in [0, 0.05) is 16.8 Å². The first-order chi connectivity index (χ1) is 9.11. The van der Waals surface area contributed by atoms with Crippen molar-refractivity contribution in [2.75, 3.05) is 0 Å². The molecule has 0 bridgehead atoms. The summed E-state index contributed by atoms with van der Waals surface area (Å²) in [5, 5.41) is 3.25. The predicted molar refractivity (Wildman–Crippen MR) is 70.6 cm³/mol. The number of aromatic nitrogens is 1. The largest absolute Gasteiger partial charge is 0.357 e. The lowest BCUT2D eigenvalue weighted by molar-refractivity contribution is 0.0925. The molecule has 0 radical (unpaired) electrons. The highest BCUT2D eigenvalue weighted by atomic mass is 35.5. The zero-order valence-corrected chi connectivity index (χ0v) is 10.8. The van der Waals surface area contributed by atoms with Crippen molar-refractivity contribution < 1.29 is 9.18 Å². The van der Waals surface area contributed by atoms with Gasteiger partial charge in [0.1, 0.15) is 11.5 Å². The molecule has 0 saturated heterocycles. The van der Waals surface area contributed by atoms with E-state index in [1.54, 1.807) is 30.5 Å². The Morgan fingerprint density at radius 1 is 1.37 bits per heavy atom. The van der Waals surface area contributed by atoms with Crippen LogP contribution in [0.25, 0.3) is 0 Å². The zero-order chi connectivity index (χ0) is 13.5. The third-order valence-electron chi connectivity index (χ3n) is 3.39. The number of nitrogens with one attached hydrogen (secondary N) is 2. The molecule has 5 heteroatoms. The second-order valence-corrected chi connectivity index (χ2v) is 5.18. The topological polar surface area (TPSA) is 44.9 Å². The van der Waals surface area contributed by atoms with Gasteiger partial charge in [0.2, 0.25) is 0 Å². The van der Waals surface area contributed by atoms with Gasteiger partial charge in [-0.3, -0.25) is 4.79 Å². The summed E-state index contributed by atoms with van der Waals surface area (Å²) < 4.78 is 13.9. The standard InChI is InChI=1S/C14H12ClFN2O/c15-9-3-4-10(11(16)8-9)14(5-6-14)18-13(19)12-2-1-7-17-12/h1-4,7-8,17H,5-6H2,(H,18,19). The summed E-state index contributed by atoms with van der Waals surface area (Å²) in [6.45, 7) is 0. The van der Waals surface area contributed by atoms with Gasteiger partial charge in [0.05, 0.1) is 5.54 Å². The number of H-pyrrole nitrogens is 1. The molecular formula is C14H12ClFN2O. The second-order valence-electron chi connectivity index (χ2n) is 4.74. The molecule has 1 aliphatic carbocycles. The van der Waals surface area contributed by atoms with Gasteiger partial charge in [-0.1, -0.05) is 17.7 Å². The number of hydrogen-bond acceptors (Lipinski definition) is 1. The molecule has 1 amide bonds. The van der Waals surface area contributed by atoms with Gasteiger partial charge in [-0.05, 0) is 37.1 Å². The number of carbonyl (C=O) groups is 1. The summed E-state index contributed by atoms with van der Waals surface area (Å²) in [4.78, 5) is 14.9. The number of carbonyl (C=O) groups excluding carboxylic acids is 1. The Labute approximate surface area is 114 Å². The van der Waals surface area contributed by atoms with Crippen LogP contribution in [0.5, 0.6) is 0 Å². The maximum absolute atomic E-state index is 13.9. The first-order valence-corrected chi connectivity index (χ1v) is 6.40. The van der Waals surface area contributed by atoms with Crippen molar-refractivity contribution in [3.8, 4) is 0 Å². The third kappa shape index (κ3) is 2.24. The molecule has 2 aromatic rings. The molecule has 2 N–H and O–H groups in total. The van der Waals surface area contributed by atoms with Crippen molar-refractivity contribution in [1.82, 2.24) is 10.3 Å². The molecule has 1 aromatic heterocycles. The van der Waals surface area contributed by atoms with Crippen LogP contribution < -0.4 is 5.32 Å². The molecule has 19 heavy (non-hydrogen) atoms. The maximum atomic E-state index is 13.9. The van der Waals surface area contributed by atoms with Crippen molar-refractivity contribution in [2.24, 2.45) is 0 Å². The van der Waals surface area contributed by atoms with Gasteiger partial charge in [-0.25, -0.2) is 4.39 Å². The van der Waals surface area contributed by atoms with Crippen molar-refractivity contribution in [3.05, 3.63) is 58.6 Å². The SMILES string of the molecule is O=C(NC1(c2ccc(Cl)cc2F)CC1)c1ccc[nH]1. The predicted octanol–water partition coefficient (Wildman–Crippen LogP) is 3.23. The molecular weight excluding hydrogens is 267 g/mol. The molecule has 1 aromatic carbocycles. The molecule has 0 spiro atoms. The first kappa shape index (κ1) is 12.2. The van der Waals surface area contributed by atoms with Gasteiger partial charge >= 0.3 is 0 Å². The van der Waals surface area contributed by atoms with E-state index < -0.39 is 5.54 Å². The molecule has 0 aliphatic heterocycles. The average molecular weight is 279 g/mol. The van der Waals surface area contributed by atoms with E-state index in [4.69, 9.17) is 11.6 Å². The van der Waals surface area contributed by atoms with Crippen LogP contribution in [0.3, 0.4) is 0 Å². The lowest BCUT2D eigenvalue weighted by Gasteiger charge is -2.18. The molecule has 1 saturated carbocycles. The summed E-state index contributed by atoms with van der Waals surface area (Å²) in [5.41, 5.74) is 0.383. The highest BCUT2D eigenvalue weighted by molar-refractivity contribution is 6.30. The Balaban J connectivity index is 1.86. The number of benzene rings is 1. The number of halogens is 2. The van der Waals surface area contributed by atoms with Crippen LogP contribution in [-0.2, 0) is 5.54 Å². The Morgan fingerprint density at radius 2 is 2.16 bits per heavy atom. The minimum Gasteiger partial charge on any atom is -0.357 e. The summed E-state index contributed by atoms with van der Waals surface area (Å²) >= 11 is 5.74. The fourth-order valence-corrected chi connectivity index (χ4v) is 2.38. The number of amides is 1. The summed E-state index contributed by atoms with van der Waals surface area (Å²) in [6, 6.07) is 7.99. The van der Waals surface area contributed by atoms with Crippen LogP contribution in [0.1, 0.15) is 28.9 Å². The second kappa shape index (κ2) is 4.38. The molecule has 0 unspecified atom stereocenters. The summed E-state index contributed by atoms with van der Waals surface area (Å²) in [5.74, 6) is -0.603. The van der Waals surface area contributed by atoms with Gasteiger partial charge in [-0.15, -0.1) is 0 Å². The summed E-state index contributed by atoms with van der Waals surface area (Å²) in [6.07, 6.45) is 3.15. The van der Waals surface area contributed by atoms with Crippen LogP contribution in [-0.4, -0.2) is 10.9 Å². The van der Waals surface area contributed by atoms with Crippen molar-refractivity contribution in [1.29, 1.82) is 0 Å². The lowest BCUT2D eigenvalue weighted by Crippen LogP contribution is -2.35. The highest BCUT2D eigenvalue weighted by Gasteiger charge is 2.47. The number of rotatable bonds is 3. The van der Waals surface area contributed by atoms with Crippen molar-refractivity contribution in [2.45, 2.75) is 18.4 Å². The van der Waals surface area contributed by atoms with Gasteiger partial charge in [0.25, 0.3) is 5.91 Å². The van der Waals surface area contributed by atoms with Gasteiger partial charge in [0.15, 0.2) is 0 Å². The number of hydrogen-bond donors (Lipinski definition) is 2. The van der Waals surface area contributed by atoms with E-state index in [-0.39, 0.29) is 11.7 Å². The van der Waals surface area contributed by atoms with Crippen molar-refractivity contribution in [3.63, 3.8) is 0 Å². The smallest absolute Gasteiger partial charge is 0.268 e. The van der Waals surface area contributed by atoms with Crippen LogP contribution in [0, 0.1) is 5.82 Å². The third-order valence-corrected chi connectivity index (χ3v) is 3.63. The Hall–Kier alpha value is -1.81. The Morgan fingerprint density at radius 3 is 2.74 bits per heavy atom. The minimum absolute atomic E-state index is 0.225. The molecule has 98 valence electrons. The van der Waals surface area contributed by atoms with E-state index in [0.29, 0.717) is 16.3 Å². The van der Waals surface area contributed by atoms with E-state index in [1.807, 2.05) is 0 Å². The molecule has 3 rings (SSSR count). The summed E-state index contributed by atoms with van der Waals surface area (Å²) in [7, 11) is 0. The maximum Gasteiger partial charge on any atom is 0.268 e. The molecule has 3 nitrogen and oxygen atoms in total. The van der Waals surface area contributed by atoms with E-state index in [1.165, 1.54) is 6.07 Å². The van der Waals surface area contributed by atoms with Crippen molar-refractivity contribution >= 4 is 17.5 Å². The lowest BCUT2D eigenvalue weighted by atomic mass is 10.0. The average Bonchev–Trinajstić information content (AvgIpc) is 2.93. The van der Waals surface area contributed by atoms with Crippen LogP contribution in [0.4, 0.5) is 4.39 Å². The van der Waals surface area contributed by atoms with E-state index in [2.05, 4.69) is 10.3 Å². The minimum atomic E-state index is -0.586. The molecule has 1 aliphatic rings. The quantitative estimate of drug-likeness (QED) is 0.889. The monoisotopic (exact) mass is 278 g/mol. The van der Waals surface area contributed by atoms with Crippen LogP contribution in [0.15, 0.2) is 36.5 Å². The Kier molecular flexibility index (Phi) is 2.82. The van der Waals surface area contributed by atoms with E-state index in [0.717, 1.165) is 12.8 Å². The normalized spacial score (nSPS) is 16.1. The van der Waals surface area contributed by atoms with Gasteiger partial charge in [-0.2, -0.15) is 0 Å². The first-order valence-electron chi connectivity index (χ1n) is 6.02. The van der Waals surface area contributed by atoms with E-state index in [9.17, 15) is 9.18 Å². The molecule has 1 fully saturated rings. The molecule has 0 atom stereocenters. The van der Waals surface area contributed by atoms with Gasteiger partial charge < -0.3 is 10.3 Å². The Bertz CT molecular complexity index is 620. The fourth-order valence-electron chi connectivity index (χ4n) is 2.22. The van der Waals surface area contributed by atoms with Crippen LogP contribution >= 0.6 is 11.6 Å². The van der Waals surface area contributed by atoms with E-state index >= 15 is 0 Å². The number of aromatic amines is 1. The zero-order valence-electron chi connectivity index (χ0n) is 10.0.